The lowest BCUT2D eigenvalue weighted by molar-refractivity contribution is 0.608. The molecule has 0 radical (unpaired) electrons. The number of hydrogen-bond donors (Lipinski definition) is 0. The maximum Gasteiger partial charge on any atom is 0.261 e. The molecule has 3 nitrogen and oxygen atoms in total. The largest absolute Gasteiger partial charge is 0.261 e. The van der Waals surface area contributed by atoms with Gasteiger partial charge in [0.25, 0.3) is 9.05 Å². The molecule has 0 atom stereocenters. The van der Waals surface area contributed by atoms with Crippen LogP contribution in [0.15, 0.2) is 17.0 Å². The second-order valence-electron chi connectivity index (χ2n) is 3.14. The van der Waals surface area contributed by atoms with Gasteiger partial charge in [0.1, 0.15) is 0 Å². The van der Waals surface area contributed by atoms with E-state index in [-0.39, 0.29) is 4.90 Å². The number of nitrogens with zero attached hydrogens (tertiary/aromatic N) is 1. The lowest BCUT2D eigenvalue weighted by Gasteiger charge is -2.08. The second kappa shape index (κ2) is 4.21. The van der Waals surface area contributed by atoms with Gasteiger partial charge in [-0.2, -0.15) is 5.26 Å². The van der Waals surface area contributed by atoms with E-state index in [0.29, 0.717) is 17.5 Å². The summed E-state index contributed by atoms with van der Waals surface area (Å²) in [5.74, 6) is 0. The Labute approximate surface area is 93.7 Å². The van der Waals surface area contributed by atoms with E-state index in [2.05, 4.69) is 0 Å². The lowest BCUT2D eigenvalue weighted by Crippen LogP contribution is -2.01. The van der Waals surface area contributed by atoms with Gasteiger partial charge in [-0.25, -0.2) is 8.42 Å². The van der Waals surface area contributed by atoms with Gasteiger partial charge in [-0.05, 0) is 30.5 Å². The number of nitriles is 1. The number of benzene rings is 1. The van der Waals surface area contributed by atoms with E-state index in [1.54, 1.807) is 19.9 Å². The van der Waals surface area contributed by atoms with Crippen LogP contribution in [-0.4, -0.2) is 8.42 Å². The molecular weight excluding hydrogens is 234 g/mol. The molecule has 0 bridgehead atoms. The fraction of sp³-hybridized carbons (Fsp3) is 0.300. The van der Waals surface area contributed by atoms with E-state index >= 15 is 0 Å². The predicted octanol–water partition coefficient (Wildman–Crippen LogP) is 2.36. The number of halogens is 1. The van der Waals surface area contributed by atoms with Crippen molar-refractivity contribution in [3.05, 3.63) is 28.8 Å². The highest BCUT2D eigenvalue weighted by Gasteiger charge is 2.18. The fourth-order valence-electron chi connectivity index (χ4n) is 1.48. The molecule has 0 amide bonds. The summed E-state index contributed by atoms with van der Waals surface area (Å²) in [6.45, 7) is 3.56. The molecule has 0 heterocycles. The Hall–Kier alpha value is -1.05. The van der Waals surface area contributed by atoms with Gasteiger partial charge < -0.3 is 0 Å². The van der Waals surface area contributed by atoms with Gasteiger partial charge in [-0.3, -0.25) is 0 Å². The predicted molar refractivity (Wildman–Crippen MR) is 58.3 cm³/mol. The van der Waals surface area contributed by atoms with Crippen molar-refractivity contribution in [1.29, 1.82) is 5.26 Å². The van der Waals surface area contributed by atoms with E-state index in [0.717, 1.165) is 5.56 Å². The van der Waals surface area contributed by atoms with Gasteiger partial charge in [0.15, 0.2) is 0 Å². The maximum absolute atomic E-state index is 11.2. The van der Waals surface area contributed by atoms with E-state index in [1.807, 2.05) is 6.07 Å². The minimum atomic E-state index is -3.77. The third kappa shape index (κ3) is 2.31. The molecule has 0 saturated heterocycles. The zero-order valence-corrected chi connectivity index (χ0v) is 9.98. The average molecular weight is 244 g/mol. The van der Waals surface area contributed by atoms with Crippen LogP contribution in [0.2, 0.25) is 0 Å². The maximum atomic E-state index is 11.2. The Kier molecular flexibility index (Phi) is 3.38. The Morgan fingerprint density at radius 3 is 2.47 bits per heavy atom. The first-order valence-corrected chi connectivity index (χ1v) is 6.70. The standard InChI is InChI=1S/C10H10ClNO2S/c1-3-8-9(6-12)7(2)4-5-10(8)15(11,13)14/h4-5H,3H2,1-2H3. The van der Waals surface area contributed by atoms with Crippen LogP contribution < -0.4 is 0 Å². The molecule has 1 aromatic rings. The molecule has 5 heteroatoms. The molecule has 0 aliphatic carbocycles. The third-order valence-electron chi connectivity index (χ3n) is 2.21. The molecule has 80 valence electrons. The van der Waals surface area contributed by atoms with Crippen LogP contribution in [0.5, 0.6) is 0 Å². The zero-order chi connectivity index (χ0) is 11.6. The van der Waals surface area contributed by atoms with Gasteiger partial charge in [0.2, 0.25) is 0 Å². The molecule has 0 aliphatic heterocycles. The fourth-order valence-corrected chi connectivity index (χ4v) is 2.69. The first kappa shape index (κ1) is 12.0. The highest BCUT2D eigenvalue weighted by Crippen LogP contribution is 2.25. The normalized spacial score (nSPS) is 11.1. The van der Waals surface area contributed by atoms with E-state index < -0.39 is 9.05 Å². The Morgan fingerprint density at radius 1 is 1.47 bits per heavy atom. The summed E-state index contributed by atoms with van der Waals surface area (Å²) < 4.78 is 22.5. The Balaban J connectivity index is 3.66. The topological polar surface area (TPSA) is 57.9 Å². The average Bonchev–Trinajstić information content (AvgIpc) is 2.15. The SMILES string of the molecule is CCc1c(S(=O)(=O)Cl)ccc(C)c1C#N. The molecule has 0 saturated carbocycles. The highest BCUT2D eigenvalue weighted by atomic mass is 35.7. The lowest BCUT2D eigenvalue weighted by atomic mass is 10.0. The van der Waals surface area contributed by atoms with Crippen LogP contribution in [0.4, 0.5) is 0 Å². The monoisotopic (exact) mass is 243 g/mol. The highest BCUT2D eigenvalue weighted by molar-refractivity contribution is 8.13. The Bertz CT molecular complexity index is 529. The smallest absolute Gasteiger partial charge is 0.207 e. The van der Waals surface area contributed by atoms with Gasteiger partial charge >= 0.3 is 0 Å². The molecule has 15 heavy (non-hydrogen) atoms. The molecule has 0 aliphatic rings. The van der Waals surface area contributed by atoms with Crippen molar-refractivity contribution >= 4 is 19.7 Å². The van der Waals surface area contributed by atoms with Gasteiger partial charge in [-0.1, -0.05) is 13.0 Å². The molecular formula is C10H10ClNO2S. The summed E-state index contributed by atoms with van der Waals surface area (Å²) in [6.07, 6.45) is 0.464. The first-order valence-electron chi connectivity index (χ1n) is 4.39. The quantitative estimate of drug-likeness (QED) is 0.750. The molecule has 0 aromatic heterocycles. The first-order chi connectivity index (χ1) is 6.91. The van der Waals surface area contributed by atoms with Crippen molar-refractivity contribution in [3.8, 4) is 6.07 Å². The van der Waals surface area contributed by atoms with E-state index in [9.17, 15) is 8.42 Å². The molecule has 0 N–H and O–H groups in total. The molecule has 1 rings (SSSR count). The number of aryl methyl sites for hydroxylation is 1. The summed E-state index contributed by atoms with van der Waals surface area (Å²) >= 11 is 0. The van der Waals surface area contributed by atoms with Crippen molar-refractivity contribution in [2.45, 2.75) is 25.2 Å². The van der Waals surface area contributed by atoms with Crippen LogP contribution in [0.3, 0.4) is 0 Å². The van der Waals surface area contributed by atoms with Crippen LogP contribution in [0.25, 0.3) is 0 Å². The van der Waals surface area contributed by atoms with E-state index in [4.69, 9.17) is 15.9 Å². The van der Waals surface area contributed by atoms with Crippen molar-refractivity contribution in [3.63, 3.8) is 0 Å². The summed E-state index contributed by atoms with van der Waals surface area (Å²) in [6, 6.07) is 5.04. The minimum absolute atomic E-state index is 0.0359. The second-order valence-corrected chi connectivity index (χ2v) is 5.67. The van der Waals surface area contributed by atoms with Crippen molar-refractivity contribution in [2.75, 3.05) is 0 Å². The van der Waals surface area contributed by atoms with Crippen molar-refractivity contribution < 1.29 is 8.42 Å². The Morgan fingerprint density at radius 2 is 2.07 bits per heavy atom. The van der Waals surface area contributed by atoms with Crippen LogP contribution in [0, 0.1) is 18.3 Å². The van der Waals surface area contributed by atoms with Crippen molar-refractivity contribution in [2.24, 2.45) is 0 Å². The van der Waals surface area contributed by atoms with Crippen LogP contribution in [0.1, 0.15) is 23.6 Å². The summed E-state index contributed by atoms with van der Waals surface area (Å²) in [4.78, 5) is 0.0359. The zero-order valence-electron chi connectivity index (χ0n) is 8.41. The molecule has 0 spiro atoms. The van der Waals surface area contributed by atoms with Crippen molar-refractivity contribution in [1.82, 2.24) is 0 Å². The summed E-state index contributed by atoms with van der Waals surface area (Å²) in [7, 11) is 1.51. The summed E-state index contributed by atoms with van der Waals surface area (Å²) in [5, 5.41) is 8.93. The minimum Gasteiger partial charge on any atom is -0.207 e. The molecule has 1 aromatic carbocycles. The van der Waals surface area contributed by atoms with Crippen LogP contribution >= 0.6 is 10.7 Å². The van der Waals surface area contributed by atoms with Gasteiger partial charge in [-0.15, -0.1) is 0 Å². The summed E-state index contributed by atoms with van der Waals surface area (Å²) in [5.41, 5.74) is 1.66. The number of rotatable bonds is 2. The molecule has 0 unspecified atom stereocenters. The molecule has 0 fully saturated rings. The van der Waals surface area contributed by atoms with E-state index in [1.165, 1.54) is 6.07 Å². The van der Waals surface area contributed by atoms with Crippen LogP contribution in [-0.2, 0) is 15.5 Å². The van der Waals surface area contributed by atoms with Gasteiger partial charge in [0, 0.05) is 10.7 Å². The van der Waals surface area contributed by atoms with Gasteiger partial charge in [0.05, 0.1) is 16.5 Å². The third-order valence-corrected chi connectivity index (χ3v) is 3.61. The number of hydrogen-bond acceptors (Lipinski definition) is 3.